The fourth-order valence-corrected chi connectivity index (χ4v) is 0.892. The van der Waals surface area contributed by atoms with E-state index in [-0.39, 0.29) is 0 Å². The molecule has 0 heterocycles. The normalized spacial score (nSPS) is 13.2. The second kappa shape index (κ2) is 6.33. The van der Waals surface area contributed by atoms with Gasteiger partial charge in [0.25, 0.3) is 0 Å². The van der Waals surface area contributed by atoms with Crippen LogP contribution < -0.4 is 22.9 Å². The Morgan fingerprint density at radius 3 is 2.38 bits per heavy atom. The molecule has 5 heteroatoms. The lowest BCUT2D eigenvalue weighted by Gasteiger charge is -2.17. The molecule has 0 atom stereocenters. The second-order valence-corrected chi connectivity index (χ2v) is 2.72. The van der Waals surface area contributed by atoms with Gasteiger partial charge in [-0.25, -0.2) is 0 Å². The van der Waals surface area contributed by atoms with Crippen molar-refractivity contribution in [1.82, 2.24) is 4.90 Å². The molecule has 0 aliphatic heterocycles. The highest BCUT2D eigenvalue weighted by Crippen LogP contribution is 2.01. The van der Waals surface area contributed by atoms with Crippen molar-refractivity contribution in [2.75, 3.05) is 20.1 Å². The predicted molar refractivity (Wildman–Crippen MR) is 55.0 cm³/mol. The van der Waals surface area contributed by atoms with Gasteiger partial charge in [0.05, 0.1) is 0 Å². The average Bonchev–Trinajstić information content (AvgIpc) is 2.06. The van der Waals surface area contributed by atoms with Crippen LogP contribution in [0.4, 0.5) is 0 Å². The molecule has 76 valence electrons. The molecule has 0 fully saturated rings. The highest BCUT2D eigenvalue weighted by atomic mass is 15.1. The van der Waals surface area contributed by atoms with Gasteiger partial charge in [0.1, 0.15) is 0 Å². The lowest BCUT2D eigenvalue weighted by atomic mass is 10.3. The van der Waals surface area contributed by atoms with Gasteiger partial charge in [-0.3, -0.25) is 0 Å². The third-order valence-electron chi connectivity index (χ3n) is 1.65. The van der Waals surface area contributed by atoms with Crippen molar-refractivity contribution in [3.05, 3.63) is 23.8 Å². The molecule has 0 aromatic rings. The van der Waals surface area contributed by atoms with Crippen LogP contribution in [-0.2, 0) is 0 Å². The molecule has 0 rings (SSSR count). The number of nitrogens with two attached hydrogens (primary N) is 4. The number of hydrogen-bond acceptors (Lipinski definition) is 5. The van der Waals surface area contributed by atoms with Gasteiger partial charge in [-0.05, 0) is 6.54 Å². The van der Waals surface area contributed by atoms with Crippen LogP contribution in [-0.4, -0.2) is 25.0 Å². The highest BCUT2D eigenvalue weighted by Gasteiger charge is 1.98. The molecule has 5 nitrogen and oxygen atoms in total. The summed E-state index contributed by atoms with van der Waals surface area (Å²) in [5, 5.41) is 0. The van der Waals surface area contributed by atoms with E-state index < -0.39 is 0 Å². The molecule has 13 heavy (non-hydrogen) atoms. The van der Waals surface area contributed by atoms with E-state index in [1.54, 1.807) is 11.1 Å². The van der Waals surface area contributed by atoms with Crippen LogP contribution in [0.1, 0.15) is 6.42 Å². The molecule has 0 radical (unpaired) electrons. The van der Waals surface area contributed by atoms with Crippen LogP contribution in [0.3, 0.4) is 0 Å². The first-order valence-corrected chi connectivity index (χ1v) is 4.15. The van der Waals surface area contributed by atoms with Crippen LogP contribution in [0.15, 0.2) is 23.8 Å². The van der Waals surface area contributed by atoms with Gasteiger partial charge >= 0.3 is 0 Å². The molecule has 0 saturated heterocycles. The van der Waals surface area contributed by atoms with E-state index in [2.05, 4.69) is 0 Å². The van der Waals surface area contributed by atoms with Crippen LogP contribution in [0.25, 0.3) is 0 Å². The SMILES string of the molecule is CN(/C=C(/N)CCN)/C(=C\N)CN. The fraction of sp³-hybridized carbons (Fsp3) is 0.500. The minimum absolute atomic E-state index is 0.388. The summed E-state index contributed by atoms with van der Waals surface area (Å²) in [4.78, 5) is 1.80. The molecule has 0 bridgehead atoms. The number of likely N-dealkylation sites (N-methyl/N-ethyl adjacent to an activating group) is 1. The molecule has 0 aliphatic carbocycles. The number of nitrogens with zero attached hydrogens (tertiary/aromatic N) is 1. The highest BCUT2D eigenvalue weighted by molar-refractivity contribution is 5.07. The summed E-state index contributed by atoms with van der Waals surface area (Å²) in [5.41, 5.74) is 23.3. The van der Waals surface area contributed by atoms with Gasteiger partial charge in [0, 0.05) is 43.8 Å². The maximum absolute atomic E-state index is 5.66. The van der Waals surface area contributed by atoms with E-state index in [0.717, 1.165) is 11.4 Å². The Morgan fingerprint density at radius 2 is 2.00 bits per heavy atom. The predicted octanol–water partition coefficient (Wildman–Crippen LogP) is -1.17. The van der Waals surface area contributed by atoms with Crippen molar-refractivity contribution in [3.8, 4) is 0 Å². The summed E-state index contributed by atoms with van der Waals surface area (Å²) < 4.78 is 0. The Morgan fingerprint density at radius 1 is 1.38 bits per heavy atom. The summed E-state index contributed by atoms with van der Waals surface area (Å²) in [7, 11) is 1.84. The molecule has 8 N–H and O–H groups in total. The quantitative estimate of drug-likeness (QED) is 0.431. The van der Waals surface area contributed by atoms with Gasteiger partial charge in [-0.15, -0.1) is 0 Å². The molecule has 0 amide bonds. The van der Waals surface area contributed by atoms with E-state index in [1.165, 1.54) is 6.20 Å². The van der Waals surface area contributed by atoms with Crippen molar-refractivity contribution < 1.29 is 0 Å². The summed E-state index contributed by atoms with van der Waals surface area (Å²) in [6.07, 6.45) is 3.91. The minimum atomic E-state index is 0.388. The lowest BCUT2D eigenvalue weighted by molar-refractivity contribution is 0.545. The van der Waals surface area contributed by atoms with Gasteiger partial charge in [-0.1, -0.05) is 0 Å². The Balaban J connectivity index is 4.26. The van der Waals surface area contributed by atoms with E-state index in [9.17, 15) is 0 Å². The number of hydrogen-bond donors (Lipinski definition) is 4. The van der Waals surface area contributed by atoms with Crippen LogP contribution >= 0.6 is 0 Å². The zero-order valence-electron chi connectivity index (χ0n) is 8.03. The van der Waals surface area contributed by atoms with E-state index in [4.69, 9.17) is 22.9 Å². The maximum Gasteiger partial charge on any atom is 0.0466 e. The Bertz CT molecular complexity index is 197. The Hall–Kier alpha value is -1.20. The van der Waals surface area contributed by atoms with Crippen LogP contribution in [0.2, 0.25) is 0 Å². The van der Waals surface area contributed by atoms with Crippen molar-refractivity contribution in [3.63, 3.8) is 0 Å². The summed E-state index contributed by atoms with van der Waals surface area (Å²) in [6, 6.07) is 0. The van der Waals surface area contributed by atoms with Gasteiger partial charge in [-0.2, -0.15) is 0 Å². The largest absolute Gasteiger partial charge is 0.403 e. The number of rotatable bonds is 5. The zero-order valence-corrected chi connectivity index (χ0v) is 8.03. The fourth-order valence-electron chi connectivity index (χ4n) is 0.892. The lowest BCUT2D eigenvalue weighted by Crippen LogP contribution is -2.21. The third-order valence-corrected chi connectivity index (χ3v) is 1.65. The first-order valence-electron chi connectivity index (χ1n) is 4.15. The molecule has 0 saturated carbocycles. The second-order valence-electron chi connectivity index (χ2n) is 2.72. The van der Waals surface area contributed by atoms with Crippen LogP contribution in [0.5, 0.6) is 0 Å². The average molecular weight is 185 g/mol. The smallest absolute Gasteiger partial charge is 0.0466 e. The Labute approximate surface area is 79.0 Å². The van der Waals surface area contributed by atoms with Gasteiger partial charge < -0.3 is 27.8 Å². The monoisotopic (exact) mass is 185 g/mol. The van der Waals surface area contributed by atoms with E-state index >= 15 is 0 Å². The molecule has 0 spiro atoms. The van der Waals surface area contributed by atoms with Crippen molar-refractivity contribution in [2.45, 2.75) is 6.42 Å². The summed E-state index contributed by atoms with van der Waals surface area (Å²) in [6.45, 7) is 0.930. The van der Waals surface area contributed by atoms with Crippen molar-refractivity contribution in [2.24, 2.45) is 22.9 Å². The first-order chi connectivity index (χ1) is 6.15. The maximum atomic E-state index is 5.66. The molecule has 0 aliphatic rings. The molecular weight excluding hydrogens is 166 g/mol. The van der Waals surface area contributed by atoms with Crippen molar-refractivity contribution >= 4 is 0 Å². The molecule has 0 aromatic heterocycles. The summed E-state index contributed by atoms with van der Waals surface area (Å²) >= 11 is 0. The molecule has 0 unspecified atom stereocenters. The summed E-state index contributed by atoms with van der Waals surface area (Å²) in [5.74, 6) is 0. The van der Waals surface area contributed by atoms with E-state index in [0.29, 0.717) is 19.5 Å². The molecular formula is C8H19N5. The van der Waals surface area contributed by atoms with E-state index in [1.807, 2.05) is 7.05 Å². The zero-order chi connectivity index (χ0) is 10.3. The Kier molecular flexibility index (Phi) is 5.75. The van der Waals surface area contributed by atoms with Crippen molar-refractivity contribution in [1.29, 1.82) is 0 Å². The third kappa shape index (κ3) is 4.39. The van der Waals surface area contributed by atoms with Crippen LogP contribution in [0, 0.1) is 0 Å². The van der Waals surface area contributed by atoms with Gasteiger partial charge in [0.2, 0.25) is 0 Å². The minimum Gasteiger partial charge on any atom is -0.403 e. The van der Waals surface area contributed by atoms with Gasteiger partial charge in [0.15, 0.2) is 0 Å². The molecule has 0 aromatic carbocycles. The topological polar surface area (TPSA) is 107 Å². The standard InChI is InChI=1S/C8H19N5/c1-13(8(4-10)5-11)6-7(12)2-3-9/h4,6H,2-3,5,9-12H2,1H3/b7-6+,8-4-. The first kappa shape index (κ1) is 11.8.